The summed E-state index contributed by atoms with van der Waals surface area (Å²) in [7, 11) is 4.85. The van der Waals surface area contributed by atoms with E-state index in [-0.39, 0.29) is 5.91 Å². The molecule has 26 heavy (non-hydrogen) atoms. The van der Waals surface area contributed by atoms with Gasteiger partial charge in [-0.1, -0.05) is 0 Å². The van der Waals surface area contributed by atoms with Crippen molar-refractivity contribution >= 4 is 17.7 Å². The second-order valence-electron chi connectivity index (χ2n) is 6.88. The molecule has 0 saturated carbocycles. The molecule has 0 radical (unpaired) electrons. The van der Waals surface area contributed by atoms with Crippen molar-refractivity contribution in [3.63, 3.8) is 0 Å². The van der Waals surface area contributed by atoms with Crippen LogP contribution in [-0.4, -0.2) is 56.1 Å². The smallest absolute Gasteiger partial charge is 0.339 e. The Labute approximate surface area is 154 Å². The highest BCUT2D eigenvalue weighted by Crippen LogP contribution is 2.28. The number of carbonyl (C=O) groups is 2. The van der Waals surface area contributed by atoms with Crippen molar-refractivity contribution in [3.8, 4) is 6.07 Å². The van der Waals surface area contributed by atoms with Gasteiger partial charge in [-0.15, -0.1) is 0 Å². The third-order valence-corrected chi connectivity index (χ3v) is 4.80. The van der Waals surface area contributed by atoms with Crippen LogP contribution in [0.1, 0.15) is 47.3 Å². The van der Waals surface area contributed by atoms with Crippen molar-refractivity contribution in [2.45, 2.75) is 32.6 Å². The first-order valence-corrected chi connectivity index (χ1v) is 8.82. The molecule has 140 valence electrons. The normalized spacial score (nSPS) is 16.7. The van der Waals surface area contributed by atoms with Crippen molar-refractivity contribution < 1.29 is 14.3 Å². The zero-order valence-corrected chi connectivity index (χ0v) is 15.9. The molecule has 2 rings (SSSR count). The number of rotatable bonds is 5. The minimum atomic E-state index is -0.489. The highest BCUT2D eigenvalue weighted by atomic mass is 16.5. The number of esters is 1. The number of aromatic nitrogens is 1. The Morgan fingerprint density at radius 3 is 2.81 bits per heavy atom. The van der Waals surface area contributed by atoms with Crippen LogP contribution in [0.4, 0.5) is 5.82 Å². The van der Waals surface area contributed by atoms with Gasteiger partial charge < -0.3 is 14.5 Å². The quantitative estimate of drug-likeness (QED) is 0.750. The Balaban J connectivity index is 2.17. The maximum Gasteiger partial charge on any atom is 0.339 e. The minimum absolute atomic E-state index is 0.135. The topological polar surface area (TPSA) is 86.5 Å². The first kappa shape index (κ1) is 19.7. The average molecular weight is 358 g/mol. The van der Waals surface area contributed by atoms with Crippen LogP contribution in [0.5, 0.6) is 0 Å². The number of aryl methyl sites for hydroxylation is 1. The van der Waals surface area contributed by atoms with Crippen molar-refractivity contribution in [1.29, 1.82) is 5.26 Å². The van der Waals surface area contributed by atoms with E-state index in [0.29, 0.717) is 35.0 Å². The molecule has 1 amide bonds. The molecular weight excluding hydrogens is 332 g/mol. The summed E-state index contributed by atoms with van der Waals surface area (Å²) in [6.07, 6.45) is 3.42. The van der Waals surface area contributed by atoms with Crippen LogP contribution in [-0.2, 0) is 9.53 Å². The zero-order valence-electron chi connectivity index (χ0n) is 15.9. The summed E-state index contributed by atoms with van der Waals surface area (Å²) in [5, 5.41) is 9.50. The molecule has 1 fully saturated rings. The lowest BCUT2D eigenvalue weighted by Crippen LogP contribution is -2.37. The summed E-state index contributed by atoms with van der Waals surface area (Å²) in [5.41, 5.74) is 1.25. The summed E-state index contributed by atoms with van der Waals surface area (Å²) < 4.78 is 4.75. The number of hydrogen-bond donors (Lipinski definition) is 0. The lowest BCUT2D eigenvalue weighted by Gasteiger charge is -2.34. The van der Waals surface area contributed by atoms with Crippen molar-refractivity contribution in [1.82, 2.24) is 9.88 Å². The number of nitriles is 1. The number of ether oxygens (including phenoxy) is 1. The van der Waals surface area contributed by atoms with Gasteiger partial charge in [0.2, 0.25) is 5.91 Å². The maximum absolute atomic E-state index is 11.8. The monoisotopic (exact) mass is 358 g/mol. The van der Waals surface area contributed by atoms with Crippen LogP contribution >= 0.6 is 0 Å². The Bertz CT molecular complexity index is 724. The molecular formula is C19H26N4O3. The van der Waals surface area contributed by atoms with Gasteiger partial charge in [0, 0.05) is 33.6 Å². The number of hydrogen-bond acceptors (Lipinski definition) is 6. The molecule has 1 aromatic rings. The summed E-state index contributed by atoms with van der Waals surface area (Å²) >= 11 is 0. The van der Waals surface area contributed by atoms with Crippen LogP contribution in [0, 0.1) is 24.2 Å². The third-order valence-electron chi connectivity index (χ3n) is 4.80. The number of pyridine rings is 1. The molecule has 1 atom stereocenters. The second kappa shape index (κ2) is 8.65. The van der Waals surface area contributed by atoms with Gasteiger partial charge >= 0.3 is 5.97 Å². The number of anilines is 1. The number of nitrogens with zero attached hydrogens (tertiary/aromatic N) is 4. The molecule has 1 aliphatic heterocycles. The molecule has 0 aromatic carbocycles. The van der Waals surface area contributed by atoms with E-state index in [1.807, 2.05) is 0 Å². The van der Waals surface area contributed by atoms with Gasteiger partial charge in [0.1, 0.15) is 11.9 Å². The van der Waals surface area contributed by atoms with E-state index in [4.69, 9.17) is 4.74 Å². The number of carbonyl (C=O) groups excluding carboxylic acids is 2. The fourth-order valence-electron chi connectivity index (χ4n) is 3.28. The standard InChI is InChI=1S/C19H26N4O3/c1-13-16(19(25)26-4)10-15(11-20)18(21-13)23-9-5-6-14(12-23)7-8-17(24)22(2)3/h10,14H,5-9,12H2,1-4H3. The van der Waals surface area contributed by atoms with E-state index in [1.54, 1.807) is 32.0 Å². The maximum atomic E-state index is 11.8. The Kier molecular flexibility index (Phi) is 6.56. The van der Waals surface area contributed by atoms with E-state index in [0.717, 1.165) is 32.4 Å². The zero-order chi connectivity index (χ0) is 19.3. The Morgan fingerprint density at radius 1 is 1.46 bits per heavy atom. The fourth-order valence-corrected chi connectivity index (χ4v) is 3.28. The molecule has 7 heteroatoms. The van der Waals surface area contributed by atoms with Crippen molar-refractivity contribution in [2.24, 2.45) is 5.92 Å². The molecule has 1 unspecified atom stereocenters. The number of methoxy groups -OCH3 is 1. The molecule has 0 N–H and O–H groups in total. The van der Waals surface area contributed by atoms with E-state index in [2.05, 4.69) is 16.0 Å². The van der Waals surface area contributed by atoms with Gasteiger partial charge in [-0.25, -0.2) is 9.78 Å². The Hall–Kier alpha value is -2.62. The predicted octanol–water partition coefficient (Wildman–Crippen LogP) is 2.13. The number of amides is 1. The molecule has 1 aromatic heterocycles. The minimum Gasteiger partial charge on any atom is -0.465 e. The van der Waals surface area contributed by atoms with Gasteiger partial charge in [0.15, 0.2) is 0 Å². The molecule has 0 aliphatic carbocycles. The van der Waals surface area contributed by atoms with Gasteiger partial charge in [0.25, 0.3) is 0 Å². The average Bonchev–Trinajstić information content (AvgIpc) is 2.65. The molecule has 2 heterocycles. The molecule has 0 bridgehead atoms. The highest BCUT2D eigenvalue weighted by Gasteiger charge is 2.25. The van der Waals surface area contributed by atoms with Crippen LogP contribution in [0.3, 0.4) is 0 Å². The van der Waals surface area contributed by atoms with E-state index in [1.165, 1.54) is 7.11 Å². The van der Waals surface area contributed by atoms with E-state index in [9.17, 15) is 14.9 Å². The third kappa shape index (κ3) is 4.51. The fraction of sp³-hybridized carbons (Fsp3) is 0.579. The molecule has 1 aliphatic rings. The van der Waals surface area contributed by atoms with Gasteiger partial charge in [0.05, 0.1) is 23.9 Å². The second-order valence-corrected chi connectivity index (χ2v) is 6.88. The largest absolute Gasteiger partial charge is 0.465 e. The van der Waals surface area contributed by atoms with Crippen LogP contribution < -0.4 is 4.90 Å². The summed E-state index contributed by atoms with van der Waals surface area (Å²) in [6.45, 7) is 3.32. The summed E-state index contributed by atoms with van der Waals surface area (Å²) in [6, 6.07) is 3.70. The van der Waals surface area contributed by atoms with Gasteiger partial charge in [-0.2, -0.15) is 5.26 Å². The first-order chi connectivity index (χ1) is 12.4. The first-order valence-electron chi connectivity index (χ1n) is 8.82. The SMILES string of the molecule is COC(=O)c1cc(C#N)c(N2CCCC(CCC(=O)N(C)C)C2)nc1C. The molecule has 0 spiro atoms. The van der Waals surface area contributed by atoms with E-state index < -0.39 is 5.97 Å². The highest BCUT2D eigenvalue weighted by molar-refractivity contribution is 5.91. The number of piperidine rings is 1. The lowest BCUT2D eigenvalue weighted by atomic mass is 9.93. The van der Waals surface area contributed by atoms with Crippen LogP contribution in [0.25, 0.3) is 0 Å². The summed E-state index contributed by atoms with van der Waals surface area (Å²) in [4.78, 5) is 31.9. The van der Waals surface area contributed by atoms with Gasteiger partial charge in [-0.3, -0.25) is 4.79 Å². The van der Waals surface area contributed by atoms with Crippen LogP contribution in [0.15, 0.2) is 6.07 Å². The van der Waals surface area contributed by atoms with Crippen molar-refractivity contribution in [2.75, 3.05) is 39.2 Å². The molecule has 7 nitrogen and oxygen atoms in total. The lowest BCUT2D eigenvalue weighted by molar-refractivity contribution is -0.129. The van der Waals surface area contributed by atoms with Crippen LogP contribution in [0.2, 0.25) is 0 Å². The van der Waals surface area contributed by atoms with Crippen molar-refractivity contribution in [3.05, 3.63) is 22.9 Å². The molecule has 1 saturated heterocycles. The Morgan fingerprint density at radius 2 is 2.19 bits per heavy atom. The van der Waals surface area contributed by atoms with Gasteiger partial charge in [-0.05, 0) is 38.2 Å². The van der Waals surface area contributed by atoms with E-state index >= 15 is 0 Å². The summed E-state index contributed by atoms with van der Waals surface area (Å²) in [5.74, 6) is 0.649. The predicted molar refractivity (Wildman–Crippen MR) is 97.9 cm³/mol.